The Morgan fingerprint density at radius 3 is 1.29 bits per heavy atom. The lowest BCUT2D eigenvalue weighted by Crippen LogP contribution is -2.49. The molecular formula is C40H41N5O17. The number of amides is 5. The smallest absolute Gasteiger partial charge is 0.336 e. The highest BCUT2D eigenvalue weighted by Gasteiger charge is 2.28. The Balaban J connectivity index is 0.000000320. The van der Waals surface area contributed by atoms with E-state index in [1.165, 1.54) is 66.7 Å². The summed E-state index contributed by atoms with van der Waals surface area (Å²) in [5.41, 5.74) is 4.84. The summed E-state index contributed by atoms with van der Waals surface area (Å²) in [5, 5.41) is 62.5. The Morgan fingerprint density at radius 2 is 0.952 bits per heavy atom. The Morgan fingerprint density at radius 1 is 0.597 bits per heavy atom. The Labute approximate surface area is 350 Å². The summed E-state index contributed by atoms with van der Waals surface area (Å²) in [6.45, 7) is 3.65. The SMILES string of the molecule is C=C1CCC(NC(=O)c2ccccc2C(=O)O)C(=O)N1.NC(=O)C(CCC(=O)O)NC(=O)c1ccccc1C(=O)O.O=C(O)CCC(NC(=O)c1ccccc1C(=O)O)C(=O)O. The number of aromatic carboxylic acids is 3. The number of carboxylic acid groups (broad SMARTS) is 6. The molecule has 0 radical (unpaired) electrons. The first kappa shape index (κ1) is 49.7. The van der Waals surface area contributed by atoms with Crippen LogP contribution in [0.25, 0.3) is 0 Å². The van der Waals surface area contributed by atoms with E-state index in [9.17, 15) is 52.7 Å². The van der Waals surface area contributed by atoms with Crippen LogP contribution in [0.1, 0.15) is 101 Å². The molecule has 3 aromatic rings. The van der Waals surface area contributed by atoms with Crippen LogP contribution in [-0.4, -0.2) is 114 Å². The minimum absolute atomic E-state index is 0.0391. The number of nitrogens with two attached hydrogens (primary N) is 1. The van der Waals surface area contributed by atoms with E-state index in [4.69, 9.17) is 36.4 Å². The van der Waals surface area contributed by atoms with E-state index in [2.05, 4.69) is 27.8 Å². The molecule has 12 N–H and O–H groups in total. The van der Waals surface area contributed by atoms with Crippen molar-refractivity contribution in [3.63, 3.8) is 0 Å². The van der Waals surface area contributed by atoms with Crippen LogP contribution in [0.4, 0.5) is 0 Å². The predicted octanol–water partition coefficient (Wildman–Crippen LogP) is 1.17. The first-order valence-corrected chi connectivity index (χ1v) is 18.0. The van der Waals surface area contributed by atoms with Crippen LogP contribution in [-0.2, 0) is 24.0 Å². The van der Waals surface area contributed by atoms with Crippen LogP contribution in [0.15, 0.2) is 85.1 Å². The fourth-order valence-corrected chi connectivity index (χ4v) is 5.30. The monoisotopic (exact) mass is 863 g/mol. The van der Waals surface area contributed by atoms with E-state index >= 15 is 0 Å². The van der Waals surface area contributed by atoms with Crippen molar-refractivity contribution in [2.75, 3.05) is 0 Å². The number of piperidine rings is 1. The van der Waals surface area contributed by atoms with Gasteiger partial charge in [0, 0.05) is 18.5 Å². The van der Waals surface area contributed by atoms with Crippen LogP contribution in [0, 0.1) is 0 Å². The van der Waals surface area contributed by atoms with E-state index in [1.54, 1.807) is 6.07 Å². The van der Waals surface area contributed by atoms with Gasteiger partial charge in [-0.15, -0.1) is 0 Å². The Kier molecular flexibility index (Phi) is 19.1. The average Bonchev–Trinajstić information content (AvgIpc) is 3.21. The summed E-state index contributed by atoms with van der Waals surface area (Å²) in [6, 6.07) is 13.4. The van der Waals surface area contributed by atoms with Gasteiger partial charge in [0.2, 0.25) is 11.8 Å². The second kappa shape index (κ2) is 23.8. The van der Waals surface area contributed by atoms with Crippen molar-refractivity contribution >= 4 is 65.4 Å². The number of hydrogen-bond acceptors (Lipinski definition) is 11. The molecule has 3 aromatic carbocycles. The summed E-state index contributed by atoms with van der Waals surface area (Å²) < 4.78 is 0. The standard InChI is InChI=1S/C14H14N2O4.C13H14N2O6.C13H13NO7/c1-8-6-7-11(13(18)15-8)16-12(17)9-4-2-3-5-10(9)14(19)20;14-11(18)9(5-6-10(16)17)15-12(19)7-3-1-2-4-8(7)13(20)21;15-10(16)6-5-9(13(20)21)14-11(17)7-3-1-2-4-8(7)12(18)19/h2-5,11H,1,6-7H2,(H,15,18)(H,16,17)(H,19,20);1-4,9H,5-6H2,(H2,14,18)(H,15,19)(H,16,17)(H,20,21);1-4,9H,5-6H2,(H,14,17)(H,15,16)(H,18,19)(H,20,21). The highest BCUT2D eigenvalue weighted by molar-refractivity contribution is 6.07. The number of hydrogen-bond donors (Lipinski definition) is 11. The van der Waals surface area contributed by atoms with Crippen LogP contribution in [0.2, 0.25) is 0 Å². The molecule has 1 aliphatic rings. The molecule has 0 saturated carbocycles. The molecule has 4 rings (SSSR count). The van der Waals surface area contributed by atoms with Crippen LogP contribution < -0.4 is 27.0 Å². The van der Waals surface area contributed by atoms with Gasteiger partial charge in [0.25, 0.3) is 17.7 Å². The first-order valence-electron chi connectivity index (χ1n) is 18.0. The number of primary amides is 1. The van der Waals surface area contributed by atoms with Gasteiger partial charge in [-0.1, -0.05) is 43.0 Å². The van der Waals surface area contributed by atoms with Gasteiger partial charge >= 0.3 is 35.8 Å². The number of nitrogens with one attached hydrogen (secondary N) is 4. The molecule has 5 amide bonds. The summed E-state index contributed by atoms with van der Waals surface area (Å²) >= 11 is 0. The van der Waals surface area contributed by atoms with Crippen molar-refractivity contribution in [2.24, 2.45) is 5.73 Å². The fraction of sp³-hybridized carbons (Fsp3) is 0.225. The van der Waals surface area contributed by atoms with E-state index in [0.717, 1.165) is 0 Å². The topological polar surface area (TPSA) is 383 Å². The molecule has 0 aromatic heterocycles. The lowest BCUT2D eigenvalue weighted by molar-refractivity contribution is -0.141. The van der Waals surface area contributed by atoms with Crippen molar-refractivity contribution in [1.82, 2.24) is 21.3 Å². The molecule has 1 fully saturated rings. The molecule has 3 atom stereocenters. The van der Waals surface area contributed by atoms with Crippen LogP contribution in [0.3, 0.4) is 0 Å². The summed E-state index contributed by atoms with van der Waals surface area (Å²) in [7, 11) is 0. The minimum atomic E-state index is -1.41. The zero-order valence-corrected chi connectivity index (χ0v) is 32.4. The van der Waals surface area contributed by atoms with E-state index in [0.29, 0.717) is 18.5 Å². The number of aliphatic carboxylic acids is 3. The van der Waals surface area contributed by atoms with Crippen molar-refractivity contribution < 1.29 is 83.4 Å². The van der Waals surface area contributed by atoms with Crippen molar-refractivity contribution in [2.45, 2.75) is 56.7 Å². The first-order chi connectivity index (χ1) is 29.1. The molecular weight excluding hydrogens is 822 g/mol. The summed E-state index contributed by atoms with van der Waals surface area (Å²) in [4.78, 5) is 124. The number of carbonyl (C=O) groups is 11. The number of rotatable bonds is 17. The number of carboxylic acids is 6. The summed E-state index contributed by atoms with van der Waals surface area (Å²) in [6.07, 6.45) is -0.230. The zero-order chi connectivity index (χ0) is 46.7. The Hall–Kier alpha value is -8.43. The molecule has 1 saturated heterocycles. The van der Waals surface area contributed by atoms with Crippen LogP contribution >= 0.6 is 0 Å². The quantitative estimate of drug-likeness (QED) is 0.0907. The second-order valence-corrected chi connectivity index (χ2v) is 12.9. The van der Waals surface area contributed by atoms with Crippen LogP contribution in [0.5, 0.6) is 0 Å². The second-order valence-electron chi connectivity index (χ2n) is 12.9. The van der Waals surface area contributed by atoms with E-state index in [-0.39, 0.29) is 58.6 Å². The molecule has 1 heterocycles. The molecule has 1 aliphatic heterocycles. The Bertz CT molecular complexity index is 2150. The molecule has 62 heavy (non-hydrogen) atoms. The third-order valence-corrected chi connectivity index (χ3v) is 8.41. The van der Waals surface area contributed by atoms with Crippen molar-refractivity contribution in [1.29, 1.82) is 0 Å². The van der Waals surface area contributed by atoms with Gasteiger partial charge < -0.3 is 57.6 Å². The predicted molar refractivity (Wildman–Crippen MR) is 211 cm³/mol. The molecule has 0 spiro atoms. The minimum Gasteiger partial charge on any atom is -0.481 e. The highest BCUT2D eigenvalue weighted by Crippen LogP contribution is 2.14. The van der Waals surface area contributed by atoms with Gasteiger partial charge in [-0.2, -0.15) is 0 Å². The van der Waals surface area contributed by atoms with Crippen molar-refractivity contribution in [3.8, 4) is 0 Å². The number of allylic oxidation sites excluding steroid dienone is 1. The third-order valence-electron chi connectivity index (χ3n) is 8.41. The summed E-state index contributed by atoms with van der Waals surface area (Å²) in [5.74, 6) is -11.0. The maximum absolute atomic E-state index is 12.1. The molecule has 0 aliphatic carbocycles. The molecule has 22 heteroatoms. The van der Waals surface area contributed by atoms with Crippen molar-refractivity contribution in [3.05, 3.63) is 118 Å². The molecule has 328 valence electrons. The molecule has 0 bridgehead atoms. The molecule has 3 unspecified atom stereocenters. The van der Waals surface area contributed by atoms with Gasteiger partial charge in [-0.3, -0.25) is 33.6 Å². The maximum Gasteiger partial charge on any atom is 0.336 e. The largest absolute Gasteiger partial charge is 0.481 e. The van der Waals surface area contributed by atoms with E-state index in [1.807, 2.05) is 0 Å². The van der Waals surface area contributed by atoms with Gasteiger partial charge in [-0.25, -0.2) is 19.2 Å². The number of benzene rings is 3. The van der Waals surface area contributed by atoms with E-state index < -0.39 is 84.0 Å². The van der Waals surface area contributed by atoms with Gasteiger partial charge in [-0.05, 0) is 62.1 Å². The normalized spacial score (nSPS) is 13.6. The van der Waals surface area contributed by atoms with Gasteiger partial charge in [0.1, 0.15) is 18.1 Å². The fourth-order valence-electron chi connectivity index (χ4n) is 5.30. The lowest BCUT2D eigenvalue weighted by Gasteiger charge is -2.24. The van der Waals surface area contributed by atoms with Gasteiger partial charge in [0.05, 0.1) is 33.4 Å². The lowest BCUT2D eigenvalue weighted by atomic mass is 10.0. The zero-order valence-electron chi connectivity index (χ0n) is 32.4. The average molecular weight is 864 g/mol. The number of carbonyl (C=O) groups excluding carboxylic acids is 5. The molecule has 22 nitrogen and oxygen atoms in total. The maximum atomic E-state index is 12.1. The van der Waals surface area contributed by atoms with Gasteiger partial charge in [0.15, 0.2) is 0 Å². The highest BCUT2D eigenvalue weighted by atomic mass is 16.4. The third kappa shape index (κ3) is 15.7.